The van der Waals surface area contributed by atoms with Gasteiger partial charge in [0.2, 0.25) is 0 Å². The maximum atomic E-state index is 13.2. The average Bonchev–Trinajstić information content (AvgIpc) is 2.79. The van der Waals surface area contributed by atoms with Crippen molar-refractivity contribution >= 4 is 44.6 Å². The molecule has 33 heavy (non-hydrogen) atoms. The molecular formula is C24H18BrClFN3O3. The molecule has 0 N–H and O–H groups in total. The van der Waals surface area contributed by atoms with E-state index in [1.165, 1.54) is 30.1 Å². The van der Waals surface area contributed by atoms with Crippen LogP contribution in [0.3, 0.4) is 0 Å². The summed E-state index contributed by atoms with van der Waals surface area (Å²) < 4.78 is 26.6. The number of methoxy groups -OCH3 is 1. The molecule has 9 heteroatoms. The van der Waals surface area contributed by atoms with Gasteiger partial charge in [-0.3, -0.25) is 4.79 Å². The molecule has 0 atom stereocenters. The Balaban J connectivity index is 1.74. The lowest BCUT2D eigenvalue weighted by Gasteiger charge is -2.14. The Kier molecular flexibility index (Phi) is 6.76. The number of aromatic nitrogens is 2. The van der Waals surface area contributed by atoms with E-state index in [4.69, 9.17) is 21.1 Å². The van der Waals surface area contributed by atoms with Gasteiger partial charge in [-0.1, -0.05) is 39.7 Å². The Morgan fingerprint density at radius 3 is 2.67 bits per heavy atom. The standard InChI is InChI=1S/C24H18BrClFN3O3/c1-14-29-21-8-5-17(25)10-20(21)24(31)30(14)28-12-16-9-18(26)11-22(32-2)23(16)33-13-15-3-6-19(27)7-4-15/h3-12H,13H2,1-2H3. The van der Waals surface area contributed by atoms with Gasteiger partial charge in [-0.15, -0.1) is 0 Å². The van der Waals surface area contributed by atoms with Gasteiger partial charge in [-0.25, -0.2) is 9.37 Å². The number of rotatable bonds is 6. The first-order valence-electron chi connectivity index (χ1n) is 9.84. The molecule has 0 saturated heterocycles. The fraction of sp³-hybridized carbons (Fsp3) is 0.125. The summed E-state index contributed by atoms with van der Waals surface area (Å²) in [5.41, 5.74) is 1.55. The van der Waals surface area contributed by atoms with E-state index in [1.54, 1.807) is 43.3 Å². The topological polar surface area (TPSA) is 65.7 Å². The lowest BCUT2D eigenvalue weighted by molar-refractivity contribution is 0.284. The molecule has 0 unspecified atom stereocenters. The molecule has 0 fully saturated rings. The Hall–Kier alpha value is -3.23. The Morgan fingerprint density at radius 1 is 1.18 bits per heavy atom. The van der Waals surface area contributed by atoms with E-state index >= 15 is 0 Å². The third-order valence-corrected chi connectivity index (χ3v) is 5.56. The molecule has 0 aliphatic heterocycles. The normalized spacial score (nSPS) is 11.3. The van der Waals surface area contributed by atoms with E-state index in [2.05, 4.69) is 26.0 Å². The second-order valence-electron chi connectivity index (χ2n) is 7.12. The van der Waals surface area contributed by atoms with Crippen LogP contribution in [0.5, 0.6) is 11.5 Å². The zero-order valence-corrected chi connectivity index (χ0v) is 20.0. The largest absolute Gasteiger partial charge is 0.493 e. The van der Waals surface area contributed by atoms with Crippen molar-refractivity contribution in [1.29, 1.82) is 0 Å². The molecule has 4 aromatic rings. The zero-order chi connectivity index (χ0) is 23.5. The zero-order valence-electron chi connectivity index (χ0n) is 17.7. The van der Waals surface area contributed by atoms with Gasteiger partial charge in [0.05, 0.1) is 24.2 Å². The second-order valence-corrected chi connectivity index (χ2v) is 8.48. The molecule has 0 radical (unpaired) electrons. The van der Waals surface area contributed by atoms with Crippen molar-refractivity contribution in [1.82, 2.24) is 9.66 Å². The molecule has 1 aromatic heterocycles. The van der Waals surface area contributed by atoms with Crippen LogP contribution in [0.4, 0.5) is 4.39 Å². The summed E-state index contributed by atoms with van der Waals surface area (Å²) in [5, 5.41) is 5.20. The minimum absolute atomic E-state index is 0.170. The van der Waals surface area contributed by atoms with Crippen LogP contribution in [0.15, 0.2) is 69.0 Å². The van der Waals surface area contributed by atoms with Gasteiger partial charge >= 0.3 is 0 Å². The van der Waals surface area contributed by atoms with Crippen LogP contribution < -0.4 is 15.0 Å². The van der Waals surface area contributed by atoms with Crippen LogP contribution in [-0.2, 0) is 6.61 Å². The number of fused-ring (bicyclic) bond motifs is 1. The molecule has 0 aliphatic carbocycles. The molecule has 4 rings (SSSR count). The number of ether oxygens (including phenoxy) is 2. The van der Waals surface area contributed by atoms with Crippen LogP contribution >= 0.6 is 27.5 Å². The molecule has 0 spiro atoms. The maximum absolute atomic E-state index is 13.2. The van der Waals surface area contributed by atoms with Gasteiger partial charge in [0.15, 0.2) is 11.5 Å². The lowest BCUT2D eigenvalue weighted by Crippen LogP contribution is -2.20. The molecule has 1 heterocycles. The predicted octanol–water partition coefficient (Wildman–Crippen LogP) is 5.73. The van der Waals surface area contributed by atoms with Crippen molar-refractivity contribution in [2.75, 3.05) is 7.11 Å². The smallest absolute Gasteiger partial charge is 0.282 e. The summed E-state index contributed by atoms with van der Waals surface area (Å²) in [4.78, 5) is 17.5. The predicted molar refractivity (Wildman–Crippen MR) is 130 cm³/mol. The summed E-state index contributed by atoms with van der Waals surface area (Å²) in [6, 6.07) is 14.6. The number of benzene rings is 3. The second kappa shape index (κ2) is 9.72. The fourth-order valence-corrected chi connectivity index (χ4v) is 3.82. The molecular weight excluding hydrogens is 513 g/mol. The highest BCUT2D eigenvalue weighted by Gasteiger charge is 2.14. The summed E-state index contributed by atoms with van der Waals surface area (Å²) >= 11 is 9.63. The first kappa shape index (κ1) is 22.9. The van der Waals surface area contributed by atoms with Crippen molar-refractivity contribution in [3.8, 4) is 11.5 Å². The molecule has 0 saturated carbocycles. The number of nitrogens with zero attached hydrogens (tertiary/aromatic N) is 3. The van der Waals surface area contributed by atoms with Gasteiger partial charge in [0.25, 0.3) is 5.56 Å². The summed E-state index contributed by atoms with van der Waals surface area (Å²) in [6.07, 6.45) is 1.47. The van der Waals surface area contributed by atoms with Gasteiger partial charge < -0.3 is 9.47 Å². The van der Waals surface area contributed by atoms with Crippen LogP contribution in [-0.4, -0.2) is 23.0 Å². The lowest BCUT2D eigenvalue weighted by atomic mass is 10.2. The fourth-order valence-electron chi connectivity index (χ4n) is 3.24. The summed E-state index contributed by atoms with van der Waals surface area (Å²) in [6.45, 7) is 1.87. The van der Waals surface area contributed by atoms with E-state index in [-0.39, 0.29) is 18.0 Å². The monoisotopic (exact) mass is 529 g/mol. The van der Waals surface area contributed by atoms with Crippen molar-refractivity contribution in [3.05, 3.63) is 97.2 Å². The van der Waals surface area contributed by atoms with Crippen LogP contribution in [0.25, 0.3) is 10.9 Å². The molecule has 168 valence electrons. The minimum Gasteiger partial charge on any atom is -0.493 e. The van der Waals surface area contributed by atoms with Gasteiger partial charge in [0.1, 0.15) is 18.2 Å². The van der Waals surface area contributed by atoms with Crippen LogP contribution in [0.1, 0.15) is 17.0 Å². The van der Waals surface area contributed by atoms with E-state index in [1.807, 2.05) is 6.07 Å². The third-order valence-electron chi connectivity index (χ3n) is 4.85. The molecule has 6 nitrogen and oxygen atoms in total. The highest BCUT2D eigenvalue weighted by atomic mass is 79.9. The average molecular weight is 531 g/mol. The third kappa shape index (κ3) is 5.07. The van der Waals surface area contributed by atoms with Crippen molar-refractivity contribution < 1.29 is 13.9 Å². The number of hydrogen-bond acceptors (Lipinski definition) is 5. The molecule has 0 bridgehead atoms. The highest BCUT2D eigenvalue weighted by molar-refractivity contribution is 9.10. The van der Waals surface area contributed by atoms with E-state index in [9.17, 15) is 9.18 Å². The first-order chi connectivity index (χ1) is 15.9. The van der Waals surface area contributed by atoms with Crippen LogP contribution in [0, 0.1) is 12.7 Å². The molecule has 3 aromatic carbocycles. The first-order valence-corrected chi connectivity index (χ1v) is 11.0. The van der Waals surface area contributed by atoms with E-state index < -0.39 is 0 Å². The van der Waals surface area contributed by atoms with E-state index in [0.29, 0.717) is 38.8 Å². The van der Waals surface area contributed by atoms with E-state index in [0.717, 1.165) is 10.0 Å². The Morgan fingerprint density at radius 2 is 1.94 bits per heavy atom. The molecule has 0 amide bonds. The summed E-state index contributed by atoms with van der Waals surface area (Å²) in [5.74, 6) is 0.884. The van der Waals surface area contributed by atoms with Crippen LogP contribution in [0.2, 0.25) is 5.02 Å². The number of halogens is 3. The number of hydrogen-bond donors (Lipinski definition) is 0. The number of aryl methyl sites for hydroxylation is 1. The van der Waals surface area contributed by atoms with Crippen molar-refractivity contribution in [2.45, 2.75) is 13.5 Å². The minimum atomic E-state index is -0.326. The van der Waals surface area contributed by atoms with Gasteiger partial charge in [-0.2, -0.15) is 9.78 Å². The van der Waals surface area contributed by atoms with Gasteiger partial charge in [0, 0.05) is 21.1 Å². The highest BCUT2D eigenvalue weighted by Crippen LogP contribution is 2.34. The SMILES string of the molecule is COc1cc(Cl)cc(C=Nn2c(C)nc3ccc(Br)cc3c2=O)c1OCc1ccc(F)cc1. The van der Waals surface area contributed by atoms with Gasteiger partial charge in [-0.05, 0) is 48.9 Å². The Bertz CT molecular complexity index is 1420. The Labute approximate surface area is 202 Å². The molecule has 0 aliphatic rings. The summed E-state index contributed by atoms with van der Waals surface area (Å²) in [7, 11) is 1.50. The van der Waals surface area contributed by atoms with Crippen molar-refractivity contribution in [3.63, 3.8) is 0 Å². The maximum Gasteiger partial charge on any atom is 0.282 e. The quantitative estimate of drug-likeness (QED) is 0.299. The van der Waals surface area contributed by atoms with Crippen molar-refractivity contribution in [2.24, 2.45) is 5.10 Å².